The van der Waals surface area contributed by atoms with Crippen molar-refractivity contribution in [2.75, 3.05) is 12.4 Å². The van der Waals surface area contributed by atoms with Crippen LogP contribution >= 0.6 is 11.3 Å². The van der Waals surface area contributed by atoms with Gasteiger partial charge < -0.3 is 15.6 Å². The van der Waals surface area contributed by atoms with E-state index in [1.165, 1.54) is 19.4 Å². The molecule has 9 heteroatoms. The molecule has 0 aliphatic carbocycles. The van der Waals surface area contributed by atoms with Gasteiger partial charge in [0.15, 0.2) is 5.13 Å². The van der Waals surface area contributed by atoms with E-state index in [1.54, 1.807) is 6.92 Å². The van der Waals surface area contributed by atoms with Gasteiger partial charge in [-0.15, -0.1) is 0 Å². The zero-order valence-corrected chi connectivity index (χ0v) is 12.9. The molecule has 0 unspecified atom stereocenters. The van der Waals surface area contributed by atoms with Gasteiger partial charge in [0.2, 0.25) is 5.91 Å². The summed E-state index contributed by atoms with van der Waals surface area (Å²) < 4.78 is 0. The number of H-pyrrole nitrogens is 1. The van der Waals surface area contributed by atoms with E-state index in [1.807, 2.05) is 0 Å². The third-order valence-corrected chi connectivity index (χ3v) is 3.74. The van der Waals surface area contributed by atoms with Gasteiger partial charge in [0.25, 0.3) is 11.5 Å². The SMILES string of the molecule is CNC(=O)c1cnc(NC(=O)CCc2cnc(C)[nH]c2=O)s1. The van der Waals surface area contributed by atoms with Crippen LogP contribution in [0.2, 0.25) is 0 Å². The summed E-state index contributed by atoms with van der Waals surface area (Å²) >= 11 is 1.09. The van der Waals surface area contributed by atoms with Gasteiger partial charge in [-0.2, -0.15) is 0 Å². The molecule has 0 radical (unpaired) electrons. The molecule has 0 spiro atoms. The van der Waals surface area contributed by atoms with Gasteiger partial charge in [0.05, 0.1) is 6.20 Å². The molecular weight excluding hydrogens is 306 g/mol. The highest BCUT2D eigenvalue weighted by molar-refractivity contribution is 7.17. The standard InChI is InChI=1S/C13H15N5O3S/c1-7-15-5-8(11(20)17-7)3-4-10(19)18-13-16-6-9(22-13)12(21)14-2/h5-6H,3-4H2,1-2H3,(H,14,21)(H,15,17,20)(H,16,18,19). The largest absolute Gasteiger partial charge is 0.354 e. The summed E-state index contributed by atoms with van der Waals surface area (Å²) in [6.07, 6.45) is 3.27. The average Bonchev–Trinajstić information content (AvgIpc) is 2.94. The molecule has 8 nitrogen and oxygen atoms in total. The van der Waals surface area contributed by atoms with Crippen molar-refractivity contribution >= 4 is 28.3 Å². The van der Waals surface area contributed by atoms with Crippen molar-refractivity contribution < 1.29 is 9.59 Å². The minimum absolute atomic E-state index is 0.128. The van der Waals surface area contributed by atoms with Crippen LogP contribution in [-0.2, 0) is 11.2 Å². The third kappa shape index (κ3) is 3.98. The van der Waals surface area contributed by atoms with Crippen molar-refractivity contribution in [1.29, 1.82) is 0 Å². The molecule has 2 rings (SSSR count). The molecule has 0 fully saturated rings. The number of carbonyl (C=O) groups excluding carboxylic acids is 2. The molecule has 116 valence electrons. The molecule has 3 N–H and O–H groups in total. The van der Waals surface area contributed by atoms with E-state index in [0.717, 1.165) is 11.3 Å². The first kappa shape index (κ1) is 15.8. The number of rotatable bonds is 5. The monoisotopic (exact) mass is 321 g/mol. The normalized spacial score (nSPS) is 10.3. The van der Waals surface area contributed by atoms with Gasteiger partial charge in [-0.1, -0.05) is 11.3 Å². The van der Waals surface area contributed by atoms with Crippen LogP contribution in [0, 0.1) is 6.92 Å². The Labute approximate surface area is 130 Å². The van der Waals surface area contributed by atoms with Crippen molar-refractivity contribution in [3.05, 3.63) is 39.0 Å². The summed E-state index contributed by atoms with van der Waals surface area (Å²) in [4.78, 5) is 45.8. The number of hydrogen-bond donors (Lipinski definition) is 3. The van der Waals surface area contributed by atoms with Gasteiger partial charge in [0, 0.05) is 25.2 Å². The van der Waals surface area contributed by atoms with E-state index in [9.17, 15) is 14.4 Å². The molecule has 0 aromatic carbocycles. The lowest BCUT2D eigenvalue weighted by Gasteiger charge is -2.02. The smallest absolute Gasteiger partial charge is 0.262 e. The number of aromatic amines is 1. The predicted octanol–water partition coefficient (Wildman–Crippen LogP) is 0.466. The number of aryl methyl sites for hydroxylation is 2. The van der Waals surface area contributed by atoms with Crippen molar-refractivity contribution in [3.8, 4) is 0 Å². The number of amides is 2. The highest BCUT2D eigenvalue weighted by Crippen LogP contribution is 2.18. The number of anilines is 1. The zero-order valence-electron chi connectivity index (χ0n) is 12.1. The van der Waals surface area contributed by atoms with Crippen molar-refractivity contribution in [2.24, 2.45) is 0 Å². The van der Waals surface area contributed by atoms with Gasteiger partial charge >= 0.3 is 0 Å². The molecule has 0 aliphatic heterocycles. The molecule has 0 bridgehead atoms. The quantitative estimate of drug-likeness (QED) is 0.740. The number of nitrogens with one attached hydrogen (secondary N) is 3. The molecule has 0 aliphatic rings. The van der Waals surface area contributed by atoms with Crippen LogP contribution in [0.1, 0.15) is 27.5 Å². The van der Waals surface area contributed by atoms with E-state index in [2.05, 4.69) is 25.6 Å². The highest BCUT2D eigenvalue weighted by atomic mass is 32.1. The Bertz CT molecular complexity index is 752. The number of carbonyl (C=O) groups is 2. The minimum Gasteiger partial charge on any atom is -0.354 e. The number of aromatic nitrogens is 3. The number of thiazole rings is 1. The second kappa shape index (κ2) is 6.94. The third-order valence-electron chi connectivity index (χ3n) is 2.82. The maximum atomic E-state index is 11.8. The summed E-state index contributed by atoms with van der Waals surface area (Å²) in [6.45, 7) is 1.68. The fourth-order valence-electron chi connectivity index (χ4n) is 1.68. The second-order valence-corrected chi connectivity index (χ2v) is 5.51. The highest BCUT2D eigenvalue weighted by Gasteiger charge is 2.11. The van der Waals surface area contributed by atoms with Crippen LogP contribution < -0.4 is 16.2 Å². The van der Waals surface area contributed by atoms with Gasteiger partial charge in [-0.3, -0.25) is 14.4 Å². The van der Waals surface area contributed by atoms with Crippen LogP contribution in [0.4, 0.5) is 5.13 Å². The lowest BCUT2D eigenvalue weighted by Crippen LogP contribution is -2.18. The Kier molecular flexibility index (Phi) is 4.99. The maximum absolute atomic E-state index is 11.8. The molecule has 2 heterocycles. The molecule has 22 heavy (non-hydrogen) atoms. The Morgan fingerprint density at radius 2 is 2.09 bits per heavy atom. The van der Waals surface area contributed by atoms with E-state index in [-0.39, 0.29) is 30.2 Å². The van der Waals surface area contributed by atoms with E-state index in [4.69, 9.17) is 0 Å². The lowest BCUT2D eigenvalue weighted by molar-refractivity contribution is -0.116. The van der Waals surface area contributed by atoms with Crippen LogP contribution in [0.25, 0.3) is 0 Å². The fraction of sp³-hybridized carbons (Fsp3) is 0.308. The van der Waals surface area contributed by atoms with Gasteiger partial charge in [-0.05, 0) is 13.3 Å². The van der Waals surface area contributed by atoms with Crippen molar-refractivity contribution in [3.63, 3.8) is 0 Å². The summed E-state index contributed by atoms with van der Waals surface area (Å²) in [5, 5.41) is 5.42. The first-order valence-electron chi connectivity index (χ1n) is 6.52. The van der Waals surface area contributed by atoms with Crippen LogP contribution in [0.3, 0.4) is 0 Å². The minimum atomic E-state index is -0.280. The summed E-state index contributed by atoms with van der Waals surface area (Å²) in [6, 6.07) is 0. The number of nitrogens with zero attached hydrogens (tertiary/aromatic N) is 2. The first-order valence-corrected chi connectivity index (χ1v) is 7.34. The lowest BCUT2D eigenvalue weighted by atomic mass is 10.2. The molecule has 2 aromatic heterocycles. The molecule has 0 atom stereocenters. The fourth-order valence-corrected chi connectivity index (χ4v) is 2.46. The molecule has 0 saturated heterocycles. The summed E-state index contributed by atoms with van der Waals surface area (Å²) in [7, 11) is 1.52. The predicted molar refractivity (Wildman–Crippen MR) is 82.0 cm³/mol. The summed E-state index contributed by atoms with van der Waals surface area (Å²) in [5.74, 6) is -0.00392. The molecule has 0 saturated carbocycles. The average molecular weight is 321 g/mol. The molecular formula is C13H15N5O3S. The Hall–Kier alpha value is -2.55. The van der Waals surface area contributed by atoms with Crippen LogP contribution in [0.15, 0.2) is 17.2 Å². The van der Waals surface area contributed by atoms with Crippen molar-refractivity contribution in [2.45, 2.75) is 19.8 Å². The van der Waals surface area contributed by atoms with E-state index in [0.29, 0.717) is 21.4 Å². The second-order valence-electron chi connectivity index (χ2n) is 4.48. The topological polar surface area (TPSA) is 117 Å². The summed E-state index contributed by atoms with van der Waals surface area (Å²) in [5.41, 5.74) is 0.211. The van der Waals surface area contributed by atoms with Crippen LogP contribution in [-0.4, -0.2) is 33.8 Å². The van der Waals surface area contributed by atoms with Crippen LogP contribution in [0.5, 0.6) is 0 Å². The first-order chi connectivity index (χ1) is 10.5. The Morgan fingerprint density at radius 3 is 2.77 bits per heavy atom. The maximum Gasteiger partial charge on any atom is 0.262 e. The number of hydrogen-bond acceptors (Lipinski definition) is 6. The van der Waals surface area contributed by atoms with E-state index < -0.39 is 0 Å². The van der Waals surface area contributed by atoms with Crippen molar-refractivity contribution in [1.82, 2.24) is 20.3 Å². The molecule has 2 aromatic rings. The van der Waals surface area contributed by atoms with Gasteiger partial charge in [0.1, 0.15) is 10.7 Å². The van der Waals surface area contributed by atoms with Gasteiger partial charge in [-0.25, -0.2) is 9.97 Å². The Morgan fingerprint density at radius 1 is 1.32 bits per heavy atom. The zero-order chi connectivity index (χ0) is 16.1. The Balaban J connectivity index is 1.91. The van der Waals surface area contributed by atoms with E-state index >= 15 is 0 Å². The molecule has 2 amide bonds.